The number of carbonyl (C=O) groups excluding carboxylic acids is 1. The fraction of sp³-hybridized carbons (Fsp3) is 0.500. The number of aliphatic hydroxyl groups excluding tert-OH is 6. The molecule has 7 N–H and O–H groups in total. The molecular weight excluding hydrogens is 520 g/mol. The molecule has 10 atom stereocenters. The largest absolute Gasteiger partial charge is 0.507 e. The maximum atomic E-state index is 12.9. The summed E-state index contributed by atoms with van der Waals surface area (Å²) in [6.45, 7) is 1.03. The van der Waals surface area contributed by atoms with Gasteiger partial charge in [0.2, 0.25) is 5.78 Å². The second-order valence-corrected chi connectivity index (χ2v) is 9.35. The molecule has 2 aromatic rings. The van der Waals surface area contributed by atoms with Crippen molar-refractivity contribution in [1.82, 2.24) is 0 Å². The summed E-state index contributed by atoms with van der Waals surface area (Å²) in [7, 11) is 1.31. The summed E-state index contributed by atoms with van der Waals surface area (Å²) < 4.78 is 26.9. The maximum absolute atomic E-state index is 12.9. The number of carbonyl (C=O) groups is 1. The first-order valence-corrected chi connectivity index (χ1v) is 12.2. The van der Waals surface area contributed by atoms with Gasteiger partial charge in [0, 0.05) is 17.7 Å². The zero-order valence-corrected chi connectivity index (χ0v) is 21.1. The normalized spacial score (nSPS) is 34.9. The van der Waals surface area contributed by atoms with Crippen LogP contribution in [-0.2, 0) is 14.2 Å². The number of aromatic hydroxyl groups is 1. The Morgan fingerprint density at radius 1 is 0.897 bits per heavy atom. The number of hydrogen-bond donors (Lipinski definition) is 7. The van der Waals surface area contributed by atoms with Gasteiger partial charge in [0.05, 0.1) is 13.2 Å². The van der Waals surface area contributed by atoms with E-state index < -0.39 is 79.6 Å². The first-order chi connectivity index (χ1) is 18.5. The van der Waals surface area contributed by atoms with Crippen LogP contribution in [-0.4, -0.2) is 117 Å². The molecule has 2 heterocycles. The van der Waals surface area contributed by atoms with Gasteiger partial charge in [0.15, 0.2) is 12.6 Å². The monoisotopic (exact) mass is 552 g/mol. The van der Waals surface area contributed by atoms with Crippen molar-refractivity contribution < 1.29 is 64.2 Å². The van der Waals surface area contributed by atoms with E-state index in [-0.39, 0.29) is 17.1 Å². The van der Waals surface area contributed by atoms with Crippen molar-refractivity contribution in [2.75, 3.05) is 13.7 Å². The lowest BCUT2D eigenvalue weighted by Gasteiger charge is -2.44. The number of aliphatic hydroxyl groups is 6. The minimum atomic E-state index is -1.80. The molecule has 0 saturated carbocycles. The number of phenolic OH excluding ortho intramolecular Hbond substituents is 1. The van der Waals surface area contributed by atoms with Crippen molar-refractivity contribution in [2.24, 2.45) is 0 Å². The first kappa shape index (κ1) is 29.1. The molecule has 4 rings (SSSR count). The van der Waals surface area contributed by atoms with Gasteiger partial charge in [0.1, 0.15) is 72.1 Å². The van der Waals surface area contributed by atoms with Crippen LogP contribution in [0.2, 0.25) is 0 Å². The lowest BCUT2D eigenvalue weighted by molar-refractivity contribution is -0.358. The molecule has 13 heteroatoms. The zero-order chi connectivity index (χ0) is 28.4. The highest BCUT2D eigenvalue weighted by Crippen LogP contribution is 2.36. The summed E-state index contributed by atoms with van der Waals surface area (Å²) in [6.07, 6.45) is -15.2. The van der Waals surface area contributed by atoms with Gasteiger partial charge in [-0.15, -0.1) is 0 Å². The molecule has 0 radical (unpaired) electrons. The van der Waals surface area contributed by atoms with E-state index in [0.29, 0.717) is 5.56 Å². The van der Waals surface area contributed by atoms with Crippen molar-refractivity contribution >= 4 is 5.78 Å². The number of ether oxygens (including phenoxy) is 5. The van der Waals surface area contributed by atoms with Gasteiger partial charge in [-0.3, -0.25) is 4.79 Å². The second-order valence-electron chi connectivity index (χ2n) is 9.35. The molecule has 0 unspecified atom stereocenters. The lowest BCUT2D eigenvalue weighted by Crippen LogP contribution is -2.63. The van der Waals surface area contributed by atoms with Crippen molar-refractivity contribution in [1.29, 1.82) is 0 Å². The van der Waals surface area contributed by atoms with Crippen molar-refractivity contribution in [3.63, 3.8) is 0 Å². The second kappa shape index (κ2) is 12.1. The molecule has 0 spiro atoms. The predicted molar refractivity (Wildman–Crippen MR) is 130 cm³/mol. The molecule has 0 aromatic heterocycles. The third kappa shape index (κ3) is 6.01. The summed E-state index contributed by atoms with van der Waals surface area (Å²) >= 11 is 0. The van der Waals surface area contributed by atoms with Gasteiger partial charge in [0.25, 0.3) is 0 Å². The van der Waals surface area contributed by atoms with Gasteiger partial charge in [-0.2, -0.15) is 0 Å². The lowest BCUT2D eigenvalue weighted by atomic mass is 9.97. The van der Waals surface area contributed by atoms with E-state index in [1.54, 1.807) is 30.3 Å². The average molecular weight is 553 g/mol. The molecule has 0 amide bonds. The third-order valence-corrected chi connectivity index (χ3v) is 6.71. The quantitative estimate of drug-likeness (QED) is 0.190. The van der Waals surface area contributed by atoms with Crippen LogP contribution in [0.4, 0.5) is 0 Å². The van der Waals surface area contributed by atoms with E-state index in [2.05, 4.69) is 0 Å². The molecule has 0 bridgehead atoms. The number of rotatable bonds is 8. The summed E-state index contributed by atoms with van der Waals surface area (Å²) in [5.74, 6) is -0.801. The van der Waals surface area contributed by atoms with Crippen LogP contribution in [0.1, 0.15) is 22.8 Å². The Bertz CT molecular complexity index is 1130. The topological polar surface area (TPSA) is 205 Å². The van der Waals surface area contributed by atoms with E-state index in [1.807, 2.05) is 0 Å². The van der Waals surface area contributed by atoms with Gasteiger partial charge < -0.3 is 59.4 Å². The van der Waals surface area contributed by atoms with E-state index in [9.17, 15) is 40.5 Å². The number of benzene rings is 2. The van der Waals surface area contributed by atoms with Crippen molar-refractivity contribution in [3.05, 3.63) is 53.6 Å². The van der Waals surface area contributed by atoms with Crippen LogP contribution in [0, 0.1) is 0 Å². The van der Waals surface area contributed by atoms with E-state index >= 15 is 0 Å². The van der Waals surface area contributed by atoms with Crippen LogP contribution in [0.3, 0.4) is 0 Å². The van der Waals surface area contributed by atoms with Gasteiger partial charge in [-0.05, 0) is 6.92 Å². The maximum Gasteiger partial charge on any atom is 0.200 e. The van der Waals surface area contributed by atoms with Crippen LogP contribution < -0.4 is 9.47 Å². The minimum Gasteiger partial charge on any atom is -0.507 e. The smallest absolute Gasteiger partial charge is 0.200 e. The van der Waals surface area contributed by atoms with E-state index in [0.717, 1.165) is 0 Å². The standard InChI is InChI=1S/C26H32O13/c1-11-18(28)21(31)23(33)26(37-11)39-24-22(32)20(30)16(38-25(24)34)10-36-13-8-14(27)17(15(9-13)35-2)19(29)12-6-4-3-5-7-12/h3-9,11,16,18,20-28,30-34H,10H2,1-2H3/t11-,16+,18-,20+,21+,22-,23+,24+,25+,26-/m0/s1. The third-order valence-electron chi connectivity index (χ3n) is 6.71. The molecule has 0 aliphatic carbocycles. The fourth-order valence-corrected chi connectivity index (χ4v) is 4.45. The Morgan fingerprint density at radius 2 is 1.59 bits per heavy atom. The molecule has 2 aliphatic rings. The molecule has 2 fully saturated rings. The highest BCUT2D eigenvalue weighted by Gasteiger charge is 2.49. The summed E-state index contributed by atoms with van der Waals surface area (Å²) in [5, 5.41) is 72.1. The first-order valence-electron chi connectivity index (χ1n) is 12.2. The van der Waals surface area contributed by atoms with E-state index in [4.69, 9.17) is 23.7 Å². The zero-order valence-electron chi connectivity index (χ0n) is 21.1. The van der Waals surface area contributed by atoms with Gasteiger partial charge in [-0.25, -0.2) is 0 Å². The summed E-state index contributed by atoms with van der Waals surface area (Å²) in [4.78, 5) is 12.9. The highest BCUT2D eigenvalue weighted by atomic mass is 16.7. The molecule has 214 valence electrons. The number of phenols is 1. The van der Waals surface area contributed by atoms with Crippen LogP contribution in [0.15, 0.2) is 42.5 Å². The van der Waals surface area contributed by atoms with Crippen molar-refractivity contribution in [2.45, 2.75) is 68.3 Å². The van der Waals surface area contributed by atoms with Crippen LogP contribution in [0.5, 0.6) is 17.2 Å². The molecule has 2 aliphatic heterocycles. The summed E-state index contributed by atoms with van der Waals surface area (Å²) in [5.41, 5.74) is 0.263. The Kier molecular flexibility index (Phi) is 9.06. The Balaban J connectivity index is 1.42. The SMILES string of the molecule is COc1cc(OC[C@H]2O[C@@H](O)[C@H](O[C@@H]3O[C@@H](C)[C@H](O)[C@@H](O)[C@H]3O)[C@@H](O)[C@@H]2O)cc(O)c1C(=O)c1ccccc1. The molecule has 2 aromatic carbocycles. The predicted octanol–water partition coefficient (Wildman–Crippen LogP) is -1.34. The highest BCUT2D eigenvalue weighted by molar-refractivity contribution is 6.12. The average Bonchev–Trinajstić information content (AvgIpc) is 2.93. The number of methoxy groups -OCH3 is 1. The Morgan fingerprint density at radius 3 is 2.26 bits per heavy atom. The fourth-order valence-electron chi connectivity index (χ4n) is 4.45. The summed E-state index contributed by atoms with van der Waals surface area (Å²) in [6, 6.07) is 10.8. The minimum absolute atomic E-state index is 0.0325. The van der Waals surface area contributed by atoms with Gasteiger partial charge >= 0.3 is 0 Å². The van der Waals surface area contributed by atoms with Crippen molar-refractivity contribution in [3.8, 4) is 17.2 Å². The number of hydrogen-bond acceptors (Lipinski definition) is 13. The number of ketones is 1. The van der Waals surface area contributed by atoms with Crippen LogP contribution >= 0.6 is 0 Å². The van der Waals surface area contributed by atoms with Gasteiger partial charge in [-0.1, -0.05) is 30.3 Å². The Labute approximate surface area is 223 Å². The molecule has 2 saturated heterocycles. The molecule has 13 nitrogen and oxygen atoms in total. The van der Waals surface area contributed by atoms with E-state index in [1.165, 1.54) is 26.2 Å². The molecular formula is C26H32O13. The molecule has 39 heavy (non-hydrogen) atoms. The Hall–Kier alpha value is -2.85. The van der Waals surface area contributed by atoms with Crippen LogP contribution in [0.25, 0.3) is 0 Å².